The Balaban J connectivity index is 1.81. The van der Waals surface area contributed by atoms with Gasteiger partial charge in [0.15, 0.2) is 11.5 Å². The van der Waals surface area contributed by atoms with Crippen LogP contribution in [0.1, 0.15) is 37.7 Å². The standard InChI is InChI=1S/C14H18O4/c15-8-10-6-13-14(17-9-16-13)7-12(10)18-11-4-2-1-3-5-11/h6-7,11,15H,1-5,8-9H2. The fourth-order valence-corrected chi connectivity index (χ4v) is 2.56. The van der Waals surface area contributed by atoms with Gasteiger partial charge in [-0.1, -0.05) is 6.42 Å². The van der Waals surface area contributed by atoms with Gasteiger partial charge < -0.3 is 19.3 Å². The number of aliphatic hydroxyl groups excluding tert-OH is 1. The van der Waals surface area contributed by atoms with E-state index in [0.717, 1.165) is 24.2 Å². The first-order valence-electron chi connectivity index (χ1n) is 6.57. The highest BCUT2D eigenvalue weighted by Gasteiger charge is 2.21. The first kappa shape index (κ1) is 11.7. The van der Waals surface area contributed by atoms with Crippen LogP contribution in [0.15, 0.2) is 12.1 Å². The molecule has 0 radical (unpaired) electrons. The van der Waals surface area contributed by atoms with Crippen LogP contribution in [0.4, 0.5) is 0 Å². The van der Waals surface area contributed by atoms with Gasteiger partial charge in [0.25, 0.3) is 0 Å². The maximum absolute atomic E-state index is 9.40. The molecule has 0 saturated heterocycles. The third kappa shape index (κ3) is 2.25. The van der Waals surface area contributed by atoms with Gasteiger partial charge >= 0.3 is 0 Å². The zero-order chi connectivity index (χ0) is 12.4. The van der Waals surface area contributed by atoms with E-state index in [-0.39, 0.29) is 19.5 Å². The van der Waals surface area contributed by atoms with Crippen LogP contribution in [0.25, 0.3) is 0 Å². The molecular formula is C14H18O4. The van der Waals surface area contributed by atoms with Crippen LogP contribution in [0.3, 0.4) is 0 Å². The highest BCUT2D eigenvalue weighted by Crippen LogP contribution is 2.39. The van der Waals surface area contributed by atoms with Crippen molar-refractivity contribution in [2.24, 2.45) is 0 Å². The van der Waals surface area contributed by atoms with E-state index in [0.29, 0.717) is 11.5 Å². The maximum Gasteiger partial charge on any atom is 0.231 e. The molecule has 0 spiro atoms. The highest BCUT2D eigenvalue weighted by molar-refractivity contribution is 5.51. The first-order valence-corrected chi connectivity index (χ1v) is 6.57. The van der Waals surface area contributed by atoms with Gasteiger partial charge in [-0.15, -0.1) is 0 Å². The van der Waals surface area contributed by atoms with Crippen molar-refractivity contribution >= 4 is 0 Å². The molecule has 0 atom stereocenters. The van der Waals surface area contributed by atoms with Crippen LogP contribution in [0.2, 0.25) is 0 Å². The molecule has 4 nitrogen and oxygen atoms in total. The van der Waals surface area contributed by atoms with E-state index in [1.165, 1.54) is 19.3 Å². The summed E-state index contributed by atoms with van der Waals surface area (Å²) in [6, 6.07) is 3.64. The molecule has 0 aromatic heterocycles. The maximum atomic E-state index is 9.40. The second-order valence-corrected chi connectivity index (χ2v) is 4.85. The van der Waals surface area contributed by atoms with E-state index in [1.807, 2.05) is 6.07 Å². The smallest absolute Gasteiger partial charge is 0.231 e. The van der Waals surface area contributed by atoms with Crippen LogP contribution in [0, 0.1) is 0 Å². The van der Waals surface area contributed by atoms with Gasteiger partial charge in [-0.05, 0) is 31.7 Å². The lowest BCUT2D eigenvalue weighted by Gasteiger charge is -2.24. The summed E-state index contributed by atoms with van der Waals surface area (Å²) in [6.45, 7) is 0.200. The van der Waals surface area contributed by atoms with E-state index in [2.05, 4.69) is 0 Å². The average Bonchev–Trinajstić information content (AvgIpc) is 2.86. The molecule has 4 heteroatoms. The summed E-state index contributed by atoms with van der Waals surface area (Å²) in [4.78, 5) is 0. The number of rotatable bonds is 3. The summed E-state index contributed by atoms with van der Waals surface area (Å²) >= 11 is 0. The minimum Gasteiger partial charge on any atom is -0.490 e. The summed E-state index contributed by atoms with van der Waals surface area (Å²) < 4.78 is 16.6. The van der Waals surface area contributed by atoms with Crippen molar-refractivity contribution < 1.29 is 19.3 Å². The van der Waals surface area contributed by atoms with Crippen molar-refractivity contribution in [3.05, 3.63) is 17.7 Å². The molecule has 0 unspecified atom stereocenters. The minimum atomic E-state index is -0.0430. The fourth-order valence-electron chi connectivity index (χ4n) is 2.56. The number of benzene rings is 1. The van der Waals surface area contributed by atoms with E-state index in [4.69, 9.17) is 14.2 Å². The number of hydrogen-bond donors (Lipinski definition) is 1. The Kier molecular flexibility index (Phi) is 3.28. The Morgan fingerprint density at radius 2 is 1.83 bits per heavy atom. The van der Waals surface area contributed by atoms with Crippen molar-refractivity contribution in [3.63, 3.8) is 0 Å². The molecule has 98 valence electrons. The van der Waals surface area contributed by atoms with Crippen LogP contribution in [-0.4, -0.2) is 18.0 Å². The molecule has 1 aromatic rings. The average molecular weight is 250 g/mol. The Hall–Kier alpha value is -1.42. The second kappa shape index (κ2) is 5.06. The molecule has 1 saturated carbocycles. The number of hydrogen-bond acceptors (Lipinski definition) is 4. The summed E-state index contributed by atoms with van der Waals surface area (Å²) in [7, 11) is 0. The van der Waals surface area contributed by atoms with E-state index in [1.54, 1.807) is 6.07 Å². The quantitative estimate of drug-likeness (QED) is 0.895. The normalized spacial score (nSPS) is 18.9. The largest absolute Gasteiger partial charge is 0.490 e. The van der Waals surface area contributed by atoms with Gasteiger partial charge in [-0.3, -0.25) is 0 Å². The van der Waals surface area contributed by atoms with Crippen LogP contribution in [0.5, 0.6) is 17.2 Å². The third-order valence-electron chi connectivity index (χ3n) is 3.57. The Morgan fingerprint density at radius 3 is 2.56 bits per heavy atom. The molecular weight excluding hydrogens is 232 g/mol. The molecule has 0 bridgehead atoms. The van der Waals surface area contributed by atoms with Crippen molar-refractivity contribution in [1.82, 2.24) is 0 Å². The predicted molar refractivity (Wildman–Crippen MR) is 66.0 cm³/mol. The number of fused-ring (bicyclic) bond motifs is 1. The lowest BCUT2D eigenvalue weighted by Crippen LogP contribution is -2.20. The molecule has 1 fully saturated rings. The molecule has 3 rings (SSSR count). The lowest BCUT2D eigenvalue weighted by molar-refractivity contribution is 0.149. The highest BCUT2D eigenvalue weighted by atomic mass is 16.7. The fraction of sp³-hybridized carbons (Fsp3) is 0.571. The van der Waals surface area contributed by atoms with Gasteiger partial charge in [0.1, 0.15) is 5.75 Å². The second-order valence-electron chi connectivity index (χ2n) is 4.85. The third-order valence-corrected chi connectivity index (χ3v) is 3.57. The Morgan fingerprint density at radius 1 is 1.11 bits per heavy atom. The van der Waals surface area contributed by atoms with Gasteiger partial charge in [-0.25, -0.2) is 0 Å². The summed E-state index contributed by atoms with van der Waals surface area (Å²) in [5.41, 5.74) is 0.768. The zero-order valence-corrected chi connectivity index (χ0v) is 10.4. The number of aliphatic hydroxyl groups is 1. The molecule has 1 heterocycles. The molecule has 2 aliphatic rings. The minimum absolute atomic E-state index is 0.0430. The van der Waals surface area contributed by atoms with Crippen molar-refractivity contribution in [2.75, 3.05) is 6.79 Å². The molecule has 1 aliphatic carbocycles. The first-order chi connectivity index (χ1) is 8.86. The van der Waals surface area contributed by atoms with Gasteiger partial charge in [0.2, 0.25) is 6.79 Å². The van der Waals surface area contributed by atoms with Crippen molar-refractivity contribution in [3.8, 4) is 17.2 Å². The van der Waals surface area contributed by atoms with Gasteiger partial charge in [0.05, 0.1) is 12.7 Å². The van der Waals surface area contributed by atoms with Gasteiger partial charge in [-0.2, -0.15) is 0 Å². The monoisotopic (exact) mass is 250 g/mol. The van der Waals surface area contributed by atoms with Crippen molar-refractivity contribution in [1.29, 1.82) is 0 Å². The molecule has 1 aliphatic heterocycles. The van der Waals surface area contributed by atoms with Crippen LogP contribution in [-0.2, 0) is 6.61 Å². The summed E-state index contributed by atoms with van der Waals surface area (Å²) in [6.07, 6.45) is 6.21. The zero-order valence-electron chi connectivity index (χ0n) is 10.4. The predicted octanol–water partition coefficient (Wildman–Crippen LogP) is 2.62. The van der Waals surface area contributed by atoms with Gasteiger partial charge in [0, 0.05) is 11.6 Å². The Bertz CT molecular complexity index is 424. The van der Waals surface area contributed by atoms with Crippen molar-refractivity contribution in [2.45, 2.75) is 44.8 Å². The topological polar surface area (TPSA) is 47.9 Å². The van der Waals surface area contributed by atoms with E-state index in [9.17, 15) is 5.11 Å². The molecule has 18 heavy (non-hydrogen) atoms. The van der Waals surface area contributed by atoms with Crippen LogP contribution >= 0.6 is 0 Å². The lowest BCUT2D eigenvalue weighted by atomic mass is 9.97. The molecule has 1 aromatic carbocycles. The number of ether oxygens (including phenoxy) is 3. The molecule has 1 N–H and O–H groups in total. The summed E-state index contributed by atoms with van der Waals surface area (Å²) in [5, 5.41) is 9.40. The van der Waals surface area contributed by atoms with E-state index < -0.39 is 0 Å². The van der Waals surface area contributed by atoms with E-state index >= 15 is 0 Å². The SMILES string of the molecule is OCc1cc2c(cc1OC1CCCCC1)OCO2. The Labute approximate surface area is 106 Å². The molecule has 0 amide bonds. The van der Waals surface area contributed by atoms with Crippen LogP contribution < -0.4 is 14.2 Å². The summed E-state index contributed by atoms with van der Waals surface area (Å²) in [5.74, 6) is 2.13.